The van der Waals surface area contributed by atoms with Crippen LogP contribution in [0, 0.1) is 12.7 Å². The third-order valence-corrected chi connectivity index (χ3v) is 6.20. The fraction of sp³-hybridized carbons (Fsp3) is 0.368. The first-order chi connectivity index (χ1) is 11.8. The van der Waals surface area contributed by atoms with Crippen molar-refractivity contribution < 1.29 is 17.9 Å². The first kappa shape index (κ1) is 18.0. The molecule has 1 saturated carbocycles. The number of halogens is 1. The lowest BCUT2D eigenvalue weighted by molar-refractivity contribution is 0.120. The van der Waals surface area contributed by atoms with Crippen LogP contribution in [0.1, 0.15) is 31.2 Å². The molecule has 134 valence electrons. The summed E-state index contributed by atoms with van der Waals surface area (Å²) in [6.45, 7) is 1.84. The number of aryl methyl sites for hydroxylation is 1. The molecular weight excluding hydrogens is 341 g/mol. The van der Waals surface area contributed by atoms with Crippen molar-refractivity contribution in [3.05, 3.63) is 53.8 Å². The lowest BCUT2D eigenvalue weighted by Gasteiger charge is -2.26. The molecule has 3 rings (SSSR count). The molecule has 0 heterocycles. The number of sulfonamides is 1. The standard InChI is InChI=1S/C19H22FNO3S/c1-13-12-18(10-11-19(13)14-2-4-15(20)5-3-14)25(23,24)21-16-6-8-17(22)9-7-16/h2-5,10-12,16-17,21-22H,6-9H2,1H3/t16-,17-. The third kappa shape index (κ3) is 4.26. The highest BCUT2D eigenvalue weighted by Crippen LogP contribution is 2.27. The lowest BCUT2D eigenvalue weighted by atomic mass is 9.94. The van der Waals surface area contributed by atoms with Crippen molar-refractivity contribution in [2.24, 2.45) is 0 Å². The summed E-state index contributed by atoms with van der Waals surface area (Å²) in [5.74, 6) is -0.303. The van der Waals surface area contributed by atoms with Gasteiger partial charge in [-0.15, -0.1) is 0 Å². The number of hydrogen-bond acceptors (Lipinski definition) is 3. The van der Waals surface area contributed by atoms with E-state index in [1.807, 2.05) is 6.92 Å². The molecule has 1 fully saturated rings. The predicted octanol–water partition coefficient (Wildman–Crippen LogP) is 3.38. The largest absolute Gasteiger partial charge is 0.393 e. The summed E-state index contributed by atoms with van der Waals surface area (Å²) in [5.41, 5.74) is 2.53. The molecule has 0 saturated heterocycles. The Hall–Kier alpha value is -1.76. The molecule has 0 radical (unpaired) electrons. The van der Waals surface area contributed by atoms with E-state index in [2.05, 4.69) is 4.72 Å². The molecule has 0 bridgehead atoms. The van der Waals surface area contributed by atoms with Crippen molar-refractivity contribution >= 4 is 10.0 Å². The minimum atomic E-state index is -3.60. The normalized spacial score (nSPS) is 21.2. The fourth-order valence-electron chi connectivity index (χ4n) is 3.24. The van der Waals surface area contributed by atoms with Gasteiger partial charge in [0.25, 0.3) is 0 Å². The van der Waals surface area contributed by atoms with E-state index in [1.165, 1.54) is 12.1 Å². The second kappa shape index (κ2) is 7.23. The maximum Gasteiger partial charge on any atom is 0.240 e. The molecule has 4 nitrogen and oxygen atoms in total. The summed E-state index contributed by atoms with van der Waals surface area (Å²) in [7, 11) is -3.60. The van der Waals surface area contributed by atoms with Crippen LogP contribution in [0.25, 0.3) is 11.1 Å². The van der Waals surface area contributed by atoms with Crippen LogP contribution in [-0.4, -0.2) is 25.7 Å². The van der Waals surface area contributed by atoms with Crippen LogP contribution in [0.2, 0.25) is 0 Å². The molecule has 0 atom stereocenters. The molecule has 1 aliphatic carbocycles. The molecular formula is C19H22FNO3S. The van der Waals surface area contributed by atoms with Crippen LogP contribution in [0.4, 0.5) is 4.39 Å². The molecule has 2 aromatic carbocycles. The molecule has 0 unspecified atom stereocenters. The van der Waals surface area contributed by atoms with E-state index in [9.17, 15) is 17.9 Å². The Labute approximate surface area is 147 Å². The van der Waals surface area contributed by atoms with Gasteiger partial charge in [-0.25, -0.2) is 17.5 Å². The Balaban J connectivity index is 1.80. The number of rotatable bonds is 4. The smallest absolute Gasteiger partial charge is 0.240 e. The van der Waals surface area contributed by atoms with Gasteiger partial charge in [-0.1, -0.05) is 18.2 Å². The Kier molecular flexibility index (Phi) is 5.22. The van der Waals surface area contributed by atoms with Gasteiger partial charge in [0, 0.05) is 6.04 Å². The van der Waals surface area contributed by atoms with Crippen LogP contribution >= 0.6 is 0 Å². The number of aliphatic hydroxyl groups excluding tert-OH is 1. The van der Waals surface area contributed by atoms with E-state index in [-0.39, 0.29) is 22.9 Å². The molecule has 1 aliphatic rings. The number of hydrogen-bond donors (Lipinski definition) is 2. The zero-order valence-electron chi connectivity index (χ0n) is 14.1. The minimum Gasteiger partial charge on any atom is -0.393 e. The second-order valence-corrected chi connectivity index (χ2v) is 8.32. The zero-order valence-corrected chi connectivity index (χ0v) is 14.9. The van der Waals surface area contributed by atoms with Crippen LogP contribution in [0.15, 0.2) is 47.4 Å². The number of nitrogens with one attached hydrogen (secondary N) is 1. The van der Waals surface area contributed by atoms with E-state index < -0.39 is 10.0 Å². The molecule has 25 heavy (non-hydrogen) atoms. The van der Waals surface area contributed by atoms with Crippen LogP contribution in [-0.2, 0) is 10.0 Å². The minimum absolute atomic E-state index is 0.134. The van der Waals surface area contributed by atoms with Gasteiger partial charge in [0.2, 0.25) is 10.0 Å². The maximum absolute atomic E-state index is 13.1. The SMILES string of the molecule is Cc1cc(S(=O)(=O)N[C@H]2CC[C@H](O)CC2)ccc1-c1ccc(F)cc1. The molecule has 0 aromatic heterocycles. The first-order valence-corrected chi connectivity index (χ1v) is 9.90. The van der Waals surface area contributed by atoms with Gasteiger partial charge in [0.1, 0.15) is 5.82 Å². The molecule has 6 heteroatoms. The molecule has 0 spiro atoms. The average Bonchev–Trinajstić information content (AvgIpc) is 2.58. The van der Waals surface area contributed by atoms with E-state index in [0.29, 0.717) is 25.7 Å². The van der Waals surface area contributed by atoms with Crippen molar-refractivity contribution in [3.8, 4) is 11.1 Å². The van der Waals surface area contributed by atoms with Crippen molar-refractivity contribution in [3.63, 3.8) is 0 Å². The van der Waals surface area contributed by atoms with Crippen LogP contribution in [0.5, 0.6) is 0 Å². The van der Waals surface area contributed by atoms with E-state index in [4.69, 9.17) is 0 Å². The second-order valence-electron chi connectivity index (χ2n) is 6.61. The van der Waals surface area contributed by atoms with Gasteiger partial charge in [0.15, 0.2) is 0 Å². The Morgan fingerprint density at radius 2 is 1.68 bits per heavy atom. The van der Waals surface area contributed by atoms with Crippen molar-refractivity contribution in [1.29, 1.82) is 0 Å². The average molecular weight is 363 g/mol. The van der Waals surface area contributed by atoms with E-state index in [1.54, 1.807) is 30.3 Å². The molecule has 2 N–H and O–H groups in total. The highest BCUT2D eigenvalue weighted by atomic mass is 32.2. The Morgan fingerprint density at radius 3 is 2.28 bits per heavy atom. The van der Waals surface area contributed by atoms with Crippen LogP contribution in [0.3, 0.4) is 0 Å². The fourth-order valence-corrected chi connectivity index (χ4v) is 4.63. The van der Waals surface area contributed by atoms with Gasteiger partial charge in [0.05, 0.1) is 11.0 Å². The van der Waals surface area contributed by atoms with E-state index >= 15 is 0 Å². The summed E-state index contributed by atoms with van der Waals surface area (Å²) in [6.07, 6.45) is 2.21. The van der Waals surface area contributed by atoms with Crippen LogP contribution < -0.4 is 4.72 Å². The highest BCUT2D eigenvalue weighted by Gasteiger charge is 2.25. The summed E-state index contributed by atoms with van der Waals surface area (Å²) in [6, 6.07) is 11.0. The van der Waals surface area contributed by atoms with Crippen molar-refractivity contribution in [2.45, 2.75) is 49.6 Å². The summed E-state index contributed by atoms with van der Waals surface area (Å²) in [5, 5.41) is 9.53. The number of aliphatic hydroxyl groups is 1. The molecule has 0 amide bonds. The van der Waals surface area contributed by atoms with Crippen molar-refractivity contribution in [1.82, 2.24) is 4.72 Å². The van der Waals surface area contributed by atoms with E-state index in [0.717, 1.165) is 16.7 Å². The van der Waals surface area contributed by atoms with Gasteiger partial charge in [-0.2, -0.15) is 0 Å². The molecule has 2 aromatic rings. The first-order valence-electron chi connectivity index (χ1n) is 8.42. The van der Waals surface area contributed by atoms with Gasteiger partial charge in [-0.05, 0) is 73.6 Å². The third-order valence-electron chi connectivity index (χ3n) is 4.68. The van der Waals surface area contributed by atoms with Crippen molar-refractivity contribution in [2.75, 3.05) is 0 Å². The summed E-state index contributed by atoms with van der Waals surface area (Å²) in [4.78, 5) is 0.224. The van der Waals surface area contributed by atoms with Gasteiger partial charge in [-0.3, -0.25) is 0 Å². The number of benzene rings is 2. The topological polar surface area (TPSA) is 66.4 Å². The summed E-state index contributed by atoms with van der Waals surface area (Å²) >= 11 is 0. The Morgan fingerprint density at radius 1 is 1.04 bits per heavy atom. The monoisotopic (exact) mass is 363 g/mol. The summed E-state index contributed by atoms with van der Waals surface area (Å²) < 4.78 is 41.0. The zero-order chi connectivity index (χ0) is 18.0. The van der Waals surface area contributed by atoms with Gasteiger partial charge < -0.3 is 5.11 Å². The van der Waals surface area contributed by atoms with Gasteiger partial charge >= 0.3 is 0 Å². The lowest BCUT2D eigenvalue weighted by Crippen LogP contribution is -2.38. The predicted molar refractivity (Wildman–Crippen MR) is 95.2 cm³/mol. The maximum atomic E-state index is 13.1. The Bertz CT molecular complexity index is 841. The molecule has 0 aliphatic heterocycles. The highest BCUT2D eigenvalue weighted by molar-refractivity contribution is 7.89. The quantitative estimate of drug-likeness (QED) is 0.875.